The molecule has 140 valence electrons. The molecule has 0 aliphatic carbocycles. The molecule has 2 rings (SSSR count). The third-order valence-corrected chi connectivity index (χ3v) is 5.57. The Balaban J connectivity index is 1.95. The van der Waals surface area contributed by atoms with Crippen molar-refractivity contribution in [2.45, 2.75) is 45.6 Å². The van der Waals surface area contributed by atoms with Crippen LogP contribution in [0.25, 0.3) is 0 Å². The molecule has 0 radical (unpaired) electrons. The van der Waals surface area contributed by atoms with Crippen LogP contribution in [0.5, 0.6) is 0 Å². The zero-order valence-corrected chi connectivity index (χ0v) is 16.3. The second-order valence-electron chi connectivity index (χ2n) is 6.96. The second-order valence-corrected chi connectivity index (χ2v) is 7.40. The lowest BCUT2D eigenvalue weighted by Crippen LogP contribution is -2.48. The Morgan fingerprint density at radius 1 is 1.28 bits per heavy atom. The van der Waals surface area contributed by atoms with Crippen molar-refractivity contribution < 1.29 is 14.3 Å². The van der Waals surface area contributed by atoms with E-state index in [1.54, 1.807) is 7.11 Å². The first-order valence-corrected chi connectivity index (χ1v) is 9.53. The molecule has 0 aromatic heterocycles. The molecule has 1 saturated heterocycles. The standard InChI is InChI=1S/C20H30ClNO3/c1-4-25-19(23)20(11-14-24-3)9-12-22(13-10-20)16(2)15-17-5-7-18(21)8-6-17/h5-8,16H,4,9-15H2,1-3H3. The Labute approximate surface area is 156 Å². The molecular formula is C20H30ClNO3. The third-order valence-electron chi connectivity index (χ3n) is 5.32. The lowest BCUT2D eigenvalue weighted by molar-refractivity contribution is -0.160. The second kappa shape index (κ2) is 9.56. The van der Waals surface area contributed by atoms with Crippen LogP contribution in [0.1, 0.15) is 38.7 Å². The number of halogens is 1. The van der Waals surface area contributed by atoms with E-state index in [0.717, 1.165) is 43.8 Å². The van der Waals surface area contributed by atoms with E-state index < -0.39 is 0 Å². The molecule has 1 aromatic rings. The van der Waals surface area contributed by atoms with Crippen LogP contribution in [-0.4, -0.2) is 50.3 Å². The quantitative estimate of drug-likeness (QED) is 0.652. The molecule has 1 aliphatic rings. The van der Waals surface area contributed by atoms with Gasteiger partial charge in [0.25, 0.3) is 0 Å². The smallest absolute Gasteiger partial charge is 0.312 e. The van der Waals surface area contributed by atoms with Gasteiger partial charge in [-0.25, -0.2) is 0 Å². The third kappa shape index (κ3) is 5.44. The molecule has 0 bridgehead atoms. The Morgan fingerprint density at radius 3 is 2.48 bits per heavy atom. The van der Waals surface area contributed by atoms with Gasteiger partial charge in [0.15, 0.2) is 0 Å². The van der Waals surface area contributed by atoms with Gasteiger partial charge < -0.3 is 14.4 Å². The average molecular weight is 368 g/mol. The van der Waals surface area contributed by atoms with Gasteiger partial charge in [0.1, 0.15) is 0 Å². The van der Waals surface area contributed by atoms with E-state index in [0.29, 0.717) is 19.3 Å². The van der Waals surface area contributed by atoms with Crippen LogP contribution in [0.15, 0.2) is 24.3 Å². The molecule has 4 nitrogen and oxygen atoms in total. The highest BCUT2D eigenvalue weighted by Gasteiger charge is 2.42. The minimum atomic E-state index is -0.386. The predicted octanol–water partition coefficient (Wildman–Crippen LogP) is 3.95. The molecule has 1 fully saturated rings. The molecule has 1 atom stereocenters. The van der Waals surface area contributed by atoms with Crippen molar-refractivity contribution in [3.8, 4) is 0 Å². The van der Waals surface area contributed by atoms with Crippen LogP contribution in [0.3, 0.4) is 0 Å². The molecule has 0 saturated carbocycles. The fraction of sp³-hybridized carbons (Fsp3) is 0.650. The molecular weight excluding hydrogens is 338 g/mol. The molecule has 25 heavy (non-hydrogen) atoms. The lowest BCUT2D eigenvalue weighted by Gasteiger charge is -2.42. The fourth-order valence-corrected chi connectivity index (χ4v) is 3.75. The Hall–Kier alpha value is -1.10. The summed E-state index contributed by atoms with van der Waals surface area (Å²) in [5.41, 5.74) is 0.904. The number of hydrogen-bond acceptors (Lipinski definition) is 4. The number of methoxy groups -OCH3 is 1. The minimum Gasteiger partial charge on any atom is -0.466 e. The van der Waals surface area contributed by atoms with Gasteiger partial charge in [-0.05, 0) is 70.3 Å². The number of carbonyl (C=O) groups excluding carboxylic acids is 1. The summed E-state index contributed by atoms with van der Waals surface area (Å²) >= 11 is 5.96. The lowest BCUT2D eigenvalue weighted by atomic mass is 9.75. The first-order valence-electron chi connectivity index (χ1n) is 9.15. The highest BCUT2D eigenvalue weighted by Crippen LogP contribution is 2.37. The first kappa shape index (κ1) is 20.2. The zero-order valence-electron chi connectivity index (χ0n) is 15.6. The number of rotatable bonds is 8. The summed E-state index contributed by atoms with van der Waals surface area (Å²) in [4.78, 5) is 15.0. The molecule has 0 N–H and O–H groups in total. The molecule has 0 amide bonds. The van der Waals surface area contributed by atoms with Crippen molar-refractivity contribution in [3.63, 3.8) is 0 Å². The maximum absolute atomic E-state index is 12.5. The van der Waals surface area contributed by atoms with Gasteiger partial charge in [-0.2, -0.15) is 0 Å². The van der Waals surface area contributed by atoms with Crippen molar-refractivity contribution in [2.24, 2.45) is 5.41 Å². The maximum atomic E-state index is 12.5. The number of esters is 1. The number of likely N-dealkylation sites (tertiary alicyclic amines) is 1. The predicted molar refractivity (Wildman–Crippen MR) is 101 cm³/mol. The molecule has 1 unspecified atom stereocenters. The monoisotopic (exact) mass is 367 g/mol. The number of ether oxygens (including phenoxy) is 2. The number of nitrogens with zero attached hydrogens (tertiary/aromatic N) is 1. The van der Waals surface area contributed by atoms with Gasteiger partial charge in [-0.3, -0.25) is 4.79 Å². The Bertz CT molecular complexity index is 538. The molecule has 5 heteroatoms. The summed E-state index contributed by atoms with van der Waals surface area (Å²) in [7, 11) is 1.68. The SMILES string of the molecule is CCOC(=O)C1(CCOC)CCN(C(C)Cc2ccc(Cl)cc2)CC1. The number of carbonyl (C=O) groups is 1. The van der Waals surface area contributed by atoms with Crippen LogP contribution < -0.4 is 0 Å². The van der Waals surface area contributed by atoms with E-state index in [1.807, 2.05) is 19.1 Å². The summed E-state index contributed by atoms with van der Waals surface area (Å²) in [6.45, 7) is 6.98. The summed E-state index contributed by atoms with van der Waals surface area (Å²) in [6.07, 6.45) is 3.39. The van der Waals surface area contributed by atoms with E-state index >= 15 is 0 Å². The molecule has 0 spiro atoms. The maximum Gasteiger partial charge on any atom is 0.312 e. The molecule has 1 aliphatic heterocycles. The summed E-state index contributed by atoms with van der Waals surface area (Å²) < 4.78 is 10.6. The van der Waals surface area contributed by atoms with Crippen LogP contribution in [0.2, 0.25) is 5.02 Å². The fourth-order valence-electron chi connectivity index (χ4n) is 3.62. The van der Waals surface area contributed by atoms with Gasteiger partial charge >= 0.3 is 5.97 Å². The number of hydrogen-bond donors (Lipinski definition) is 0. The summed E-state index contributed by atoms with van der Waals surface area (Å²) in [6, 6.07) is 8.49. The van der Waals surface area contributed by atoms with Crippen LogP contribution >= 0.6 is 11.6 Å². The van der Waals surface area contributed by atoms with E-state index in [-0.39, 0.29) is 11.4 Å². The van der Waals surface area contributed by atoms with Gasteiger partial charge in [0, 0.05) is 24.8 Å². The van der Waals surface area contributed by atoms with E-state index in [9.17, 15) is 4.79 Å². The van der Waals surface area contributed by atoms with Gasteiger partial charge in [-0.1, -0.05) is 23.7 Å². The van der Waals surface area contributed by atoms with Crippen LogP contribution in [0, 0.1) is 5.41 Å². The zero-order chi connectivity index (χ0) is 18.3. The number of benzene rings is 1. The van der Waals surface area contributed by atoms with Crippen molar-refractivity contribution in [1.82, 2.24) is 4.90 Å². The first-order chi connectivity index (χ1) is 12.0. The van der Waals surface area contributed by atoms with E-state index in [2.05, 4.69) is 24.0 Å². The van der Waals surface area contributed by atoms with Crippen molar-refractivity contribution in [1.29, 1.82) is 0 Å². The summed E-state index contributed by atoms with van der Waals surface area (Å²) in [5.74, 6) is -0.0583. The largest absolute Gasteiger partial charge is 0.466 e. The average Bonchev–Trinajstić information content (AvgIpc) is 2.62. The van der Waals surface area contributed by atoms with Crippen molar-refractivity contribution in [3.05, 3.63) is 34.9 Å². The normalized spacial score (nSPS) is 18.7. The van der Waals surface area contributed by atoms with Gasteiger partial charge in [0.2, 0.25) is 0 Å². The van der Waals surface area contributed by atoms with Crippen molar-refractivity contribution in [2.75, 3.05) is 33.4 Å². The topological polar surface area (TPSA) is 38.8 Å². The minimum absolute atomic E-state index is 0.0583. The van der Waals surface area contributed by atoms with Crippen molar-refractivity contribution >= 4 is 17.6 Å². The molecule has 1 aromatic carbocycles. The van der Waals surface area contributed by atoms with E-state index in [4.69, 9.17) is 21.1 Å². The Morgan fingerprint density at radius 2 is 1.92 bits per heavy atom. The Kier molecular flexibility index (Phi) is 7.73. The van der Waals surface area contributed by atoms with Crippen LogP contribution in [0.4, 0.5) is 0 Å². The highest BCUT2D eigenvalue weighted by molar-refractivity contribution is 6.30. The van der Waals surface area contributed by atoms with E-state index in [1.165, 1.54) is 5.56 Å². The van der Waals surface area contributed by atoms with Gasteiger partial charge in [-0.15, -0.1) is 0 Å². The summed E-state index contributed by atoms with van der Waals surface area (Å²) in [5, 5.41) is 0.770. The van der Waals surface area contributed by atoms with Crippen LogP contribution in [-0.2, 0) is 20.7 Å². The molecule has 1 heterocycles. The number of piperidine rings is 1. The highest BCUT2D eigenvalue weighted by atomic mass is 35.5. The van der Waals surface area contributed by atoms with Gasteiger partial charge in [0.05, 0.1) is 12.0 Å².